The Hall–Kier alpha value is -0.940. The highest BCUT2D eigenvalue weighted by Gasteiger charge is 2.30. The lowest BCUT2D eigenvalue weighted by Crippen LogP contribution is -2.52. The number of hydrogen-bond acceptors (Lipinski definition) is 5. The van der Waals surface area contributed by atoms with Crippen LogP contribution in [0.4, 0.5) is 0 Å². The van der Waals surface area contributed by atoms with E-state index in [1.807, 2.05) is 6.20 Å². The molecule has 27 heavy (non-hydrogen) atoms. The number of nitrogens with zero attached hydrogens (tertiary/aromatic N) is 4. The standard InChI is InChI=1S/C18H30N6OS.HI/c1-14-12-21-16(26-14)13-22-18(19-2)20-6-7-23-8-10-24(11-9-23)17(25)15-4-3-5-15;/h12,15H,3-11,13H2,1-2H3,(H2,19,20,22);1H. The van der Waals surface area contributed by atoms with Gasteiger partial charge in [-0.1, -0.05) is 6.42 Å². The minimum absolute atomic E-state index is 0. The third-order valence-electron chi connectivity index (χ3n) is 5.16. The fraction of sp³-hybridized carbons (Fsp3) is 0.722. The molecule has 0 spiro atoms. The predicted octanol–water partition coefficient (Wildman–Crippen LogP) is 1.68. The summed E-state index contributed by atoms with van der Waals surface area (Å²) in [6.45, 7) is 8.22. The van der Waals surface area contributed by atoms with Gasteiger partial charge in [0.1, 0.15) is 5.01 Å². The normalized spacial score (nSPS) is 18.6. The Morgan fingerprint density at radius 1 is 1.30 bits per heavy atom. The molecule has 1 aliphatic carbocycles. The molecule has 1 aliphatic heterocycles. The van der Waals surface area contributed by atoms with Gasteiger partial charge in [-0.3, -0.25) is 14.7 Å². The number of rotatable bonds is 6. The highest BCUT2D eigenvalue weighted by Crippen LogP contribution is 2.28. The van der Waals surface area contributed by atoms with Crippen molar-refractivity contribution in [2.75, 3.05) is 46.3 Å². The summed E-state index contributed by atoms with van der Waals surface area (Å²) in [6, 6.07) is 0. The van der Waals surface area contributed by atoms with Crippen LogP contribution in [0.25, 0.3) is 0 Å². The minimum atomic E-state index is 0. The van der Waals surface area contributed by atoms with E-state index in [0.717, 1.165) is 63.1 Å². The molecule has 9 heteroatoms. The van der Waals surface area contributed by atoms with Gasteiger partial charge in [-0.15, -0.1) is 35.3 Å². The molecular formula is C18H31IN6OS. The van der Waals surface area contributed by atoms with Crippen molar-refractivity contribution in [3.8, 4) is 0 Å². The number of guanidine groups is 1. The van der Waals surface area contributed by atoms with Gasteiger partial charge >= 0.3 is 0 Å². The fourth-order valence-electron chi connectivity index (χ4n) is 3.30. The zero-order valence-corrected chi connectivity index (χ0v) is 19.4. The number of nitrogens with one attached hydrogen (secondary N) is 2. The maximum absolute atomic E-state index is 12.3. The van der Waals surface area contributed by atoms with Gasteiger partial charge in [-0.25, -0.2) is 4.98 Å². The number of carbonyl (C=O) groups excluding carboxylic acids is 1. The van der Waals surface area contributed by atoms with Crippen molar-refractivity contribution in [2.24, 2.45) is 10.9 Å². The molecule has 7 nitrogen and oxygen atoms in total. The smallest absolute Gasteiger partial charge is 0.225 e. The van der Waals surface area contributed by atoms with Crippen molar-refractivity contribution < 1.29 is 4.79 Å². The molecule has 152 valence electrons. The fourth-order valence-corrected chi connectivity index (χ4v) is 4.03. The number of carbonyl (C=O) groups is 1. The van der Waals surface area contributed by atoms with E-state index in [9.17, 15) is 4.79 Å². The van der Waals surface area contributed by atoms with E-state index in [2.05, 4.69) is 37.3 Å². The molecule has 0 aromatic carbocycles. The summed E-state index contributed by atoms with van der Waals surface area (Å²) in [6.07, 6.45) is 5.30. The molecule has 2 fully saturated rings. The van der Waals surface area contributed by atoms with Gasteiger partial charge in [0.25, 0.3) is 0 Å². The summed E-state index contributed by atoms with van der Waals surface area (Å²) in [4.78, 5) is 26.6. The number of thiazole rings is 1. The first kappa shape index (κ1) is 22.4. The molecule has 1 aromatic rings. The van der Waals surface area contributed by atoms with Crippen LogP contribution >= 0.6 is 35.3 Å². The Morgan fingerprint density at radius 2 is 2.04 bits per heavy atom. The third-order valence-corrected chi connectivity index (χ3v) is 6.07. The van der Waals surface area contributed by atoms with Crippen LogP contribution in [0.5, 0.6) is 0 Å². The van der Waals surface area contributed by atoms with Gasteiger partial charge in [0.05, 0.1) is 6.54 Å². The molecule has 1 saturated heterocycles. The number of halogens is 1. The SMILES string of the molecule is CN=C(NCCN1CCN(C(=O)C2CCC2)CC1)NCc1ncc(C)s1.I. The van der Waals surface area contributed by atoms with E-state index in [0.29, 0.717) is 18.4 Å². The van der Waals surface area contributed by atoms with Gasteiger partial charge in [0.15, 0.2) is 5.96 Å². The molecule has 3 rings (SSSR count). The van der Waals surface area contributed by atoms with Crippen LogP contribution in [0, 0.1) is 12.8 Å². The molecule has 0 unspecified atom stereocenters. The average Bonchev–Trinajstić information content (AvgIpc) is 3.02. The predicted molar refractivity (Wildman–Crippen MR) is 121 cm³/mol. The molecule has 1 aromatic heterocycles. The van der Waals surface area contributed by atoms with E-state index in [-0.39, 0.29) is 24.0 Å². The van der Waals surface area contributed by atoms with Gasteiger partial charge in [0, 0.05) is 63.3 Å². The number of hydrogen-bond donors (Lipinski definition) is 2. The van der Waals surface area contributed by atoms with Crippen molar-refractivity contribution in [2.45, 2.75) is 32.7 Å². The summed E-state index contributed by atoms with van der Waals surface area (Å²) in [5.41, 5.74) is 0. The third kappa shape index (κ3) is 6.56. The number of amides is 1. The van der Waals surface area contributed by atoms with Crippen molar-refractivity contribution >= 4 is 47.2 Å². The topological polar surface area (TPSA) is 72.9 Å². The van der Waals surface area contributed by atoms with Crippen LogP contribution in [-0.4, -0.2) is 73.0 Å². The zero-order valence-electron chi connectivity index (χ0n) is 16.2. The van der Waals surface area contributed by atoms with Crippen molar-refractivity contribution in [3.05, 3.63) is 16.1 Å². The maximum atomic E-state index is 12.3. The van der Waals surface area contributed by atoms with E-state index in [4.69, 9.17) is 0 Å². The molecule has 1 saturated carbocycles. The lowest BCUT2D eigenvalue weighted by Gasteiger charge is -2.38. The summed E-state index contributed by atoms with van der Waals surface area (Å²) in [5, 5.41) is 7.72. The van der Waals surface area contributed by atoms with Crippen LogP contribution in [0.2, 0.25) is 0 Å². The summed E-state index contributed by atoms with van der Waals surface area (Å²) in [5.74, 6) is 1.51. The average molecular weight is 506 g/mol. The maximum Gasteiger partial charge on any atom is 0.225 e. The van der Waals surface area contributed by atoms with E-state index in [1.54, 1.807) is 18.4 Å². The molecule has 0 radical (unpaired) electrons. The van der Waals surface area contributed by atoms with Crippen molar-refractivity contribution in [1.82, 2.24) is 25.4 Å². The Balaban J connectivity index is 0.00000261. The second kappa shape index (κ2) is 11.2. The second-order valence-corrected chi connectivity index (χ2v) is 8.33. The quantitative estimate of drug-likeness (QED) is 0.349. The lowest BCUT2D eigenvalue weighted by molar-refractivity contribution is -0.139. The monoisotopic (exact) mass is 506 g/mol. The Morgan fingerprint density at radius 3 is 2.59 bits per heavy atom. The van der Waals surface area contributed by atoms with E-state index < -0.39 is 0 Å². The highest BCUT2D eigenvalue weighted by molar-refractivity contribution is 14.0. The number of aromatic nitrogens is 1. The second-order valence-electron chi connectivity index (χ2n) is 7.01. The van der Waals surface area contributed by atoms with Gasteiger partial charge in [0.2, 0.25) is 5.91 Å². The summed E-state index contributed by atoms with van der Waals surface area (Å²) >= 11 is 1.70. The van der Waals surface area contributed by atoms with Crippen LogP contribution in [-0.2, 0) is 11.3 Å². The molecule has 2 heterocycles. The van der Waals surface area contributed by atoms with Crippen molar-refractivity contribution in [3.63, 3.8) is 0 Å². The van der Waals surface area contributed by atoms with Gasteiger partial charge < -0.3 is 15.5 Å². The largest absolute Gasteiger partial charge is 0.355 e. The lowest BCUT2D eigenvalue weighted by atomic mass is 9.84. The molecule has 0 atom stereocenters. The van der Waals surface area contributed by atoms with Crippen LogP contribution in [0.15, 0.2) is 11.2 Å². The molecule has 2 aliphatic rings. The Bertz CT molecular complexity index is 625. The van der Waals surface area contributed by atoms with E-state index >= 15 is 0 Å². The number of aliphatic imine (C=N–C) groups is 1. The van der Waals surface area contributed by atoms with Crippen LogP contribution in [0.1, 0.15) is 29.1 Å². The first-order chi connectivity index (χ1) is 12.7. The highest BCUT2D eigenvalue weighted by atomic mass is 127. The van der Waals surface area contributed by atoms with Gasteiger partial charge in [-0.05, 0) is 19.8 Å². The summed E-state index contributed by atoms with van der Waals surface area (Å²) in [7, 11) is 1.78. The molecular weight excluding hydrogens is 475 g/mol. The minimum Gasteiger partial charge on any atom is -0.355 e. The Kier molecular flexibility index (Phi) is 9.24. The molecule has 1 amide bonds. The first-order valence-corrected chi connectivity index (χ1v) is 10.3. The number of piperazine rings is 1. The van der Waals surface area contributed by atoms with Crippen LogP contribution in [0.3, 0.4) is 0 Å². The summed E-state index contributed by atoms with van der Waals surface area (Å²) < 4.78 is 0. The van der Waals surface area contributed by atoms with Gasteiger partial charge in [-0.2, -0.15) is 0 Å². The zero-order chi connectivity index (χ0) is 18.4. The van der Waals surface area contributed by atoms with E-state index in [1.165, 1.54) is 11.3 Å². The molecule has 0 bridgehead atoms. The number of aryl methyl sites for hydroxylation is 1. The first-order valence-electron chi connectivity index (χ1n) is 9.52. The van der Waals surface area contributed by atoms with Crippen LogP contribution < -0.4 is 10.6 Å². The Labute approximate surface area is 183 Å². The van der Waals surface area contributed by atoms with Crippen molar-refractivity contribution in [1.29, 1.82) is 0 Å². The molecule has 2 N–H and O–H groups in total.